The summed E-state index contributed by atoms with van der Waals surface area (Å²) in [5.41, 5.74) is -0.586. The zero-order valence-electron chi connectivity index (χ0n) is 10.3. The minimum absolute atomic E-state index is 0.154. The molecule has 5 nitrogen and oxygen atoms in total. The molecule has 1 saturated heterocycles. The molecule has 0 spiro atoms. The molecule has 2 rings (SSSR count). The Labute approximate surface area is 106 Å². The Hall–Kier alpha value is -1.62. The lowest BCUT2D eigenvalue weighted by atomic mass is 10.2. The van der Waals surface area contributed by atoms with Crippen LogP contribution in [0.3, 0.4) is 0 Å². The summed E-state index contributed by atoms with van der Waals surface area (Å²) in [6.45, 7) is 4.13. The smallest absolute Gasteiger partial charge is 0.341 e. The molecule has 0 bridgehead atoms. The summed E-state index contributed by atoms with van der Waals surface area (Å²) in [6.07, 6.45) is 6.61. The van der Waals surface area contributed by atoms with Gasteiger partial charge in [-0.2, -0.15) is 0 Å². The fourth-order valence-electron chi connectivity index (χ4n) is 2.31. The number of carbonyl (C=O) groups is 1. The molecule has 1 N–H and O–H groups in total. The van der Waals surface area contributed by atoms with E-state index in [9.17, 15) is 9.59 Å². The molecule has 1 aliphatic rings. The second-order valence-electron chi connectivity index (χ2n) is 4.67. The van der Waals surface area contributed by atoms with Crippen LogP contribution in [0.5, 0.6) is 0 Å². The SMILES string of the molecule is O=C(O)c1cn(CCCN2CCCC2)ccc1=O. The summed E-state index contributed by atoms with van der Waals surface area (Å²) in [5, 5.41) is 8.87. The fourth-order valence-corrected chi connectivity index (χ4v) is 2.31. The van der Waals surface area contributed by atoms with Crippen LogP contribution in [0.4, 0.5) is 0 Å². The van der Waals surface area contributed by atoms with E-state index in [1.807, 2.05) is 0 Å². The van der Waals surface area contributed by atoms with Crippen molar-refractivity contribution in [3.63, 3.8) is 0 Å². The molecule has 98 valence electrons. The van der Waals surface area contributed by atoms with E-state index in [2.05, 4.69) is 4.90 Å². The van der Waals surface area contributed by atoms with Gasteiger partial charge in [-0.3, -0.25) is 4.79 Å². The minimum Gasteiger partial charge on any atom is -0.477 e. The van der Waals surface area contributed by atoms with Crippen LogP contribution in [-0.4, -0.2) is 40.2 Å². The third-order valence-electron chi connectivity index (χ3n) is 3.30. The van der Waals surface area contributed by atoms with E-state index in [1.165, 1.54) is 38.2 Å². The number of aromatic nitrogens is 1. The molecule has 5 heteroatoms. The number of hydrogen-bond acceptors (Lipinski definition) is 3. The van der Waals surface area contributed by atoms with Crippen LogP contribution in [0.1, 0.15) is 29.6 Å². The molecule has 1 aliphatic heterocycles. The van der Waals surface area contributed by atoms with Gasteiger partial charge in [0.1, 0.15) is 5.56 Å². The number of aryl methyl sites for hydroxylation is 1. The summed E-state index contributed by atoms with van der Waals surface area (Å²) in [7, 11) is 0. The quantitative estimate of drug-likeness (QED) is 0.848. The second-order valence-corrected chi connectivity index (χ2v) is 4.67. The van der Waals surface area contributed by atoms with Crippen molar-refractivity contribution in [3.05, 3.63) is 34.2 Å². The Morgan fingerprint density at radius 1 is 1.28 bits per heavy atom. The highest BCUT2D eigenvalue weighted by Crippen LogP contribution is 2.07. The van der Waals surface area contributed by atoms with Gasteiger partial charge in [-0.1, -0.05) is 0 Å². The predicted molar refractivity (Wildman–Crippen MR) is 68.0 cm³/mol. The highest BCUT2D eigenvalue weighted by molar-refractivity contribution is 5.86. The molecule has 1 aromatic heterocycles. The van der Waals surface area contributed by atoms with Gasteiger partial charge < -0.3 is 14.6 Å². The average molecular weight is 250 g/mol. The van der Waals surface area contributed by atoms with Crippen LogP contribution < -0.4 is 5.43 Å². The molecule has 1 aromatic rings. The molecular formula is C13H18N2O3. The van der Waals surface area contributed by atoms with Crippen molar-refractivity contribution in [2.45, 2.75) is 25.8 Å². The molecule has 0 unspecified atom stereocenters. The van der Waals surface area contributed by atoms with Crippen molar-refractivity contribution < 1.29 is 9.90 Å². The lowest BCUT2D eigenvalue weighted by Gasteiger charge is -2.15. The molecule has 2 heterocycles. The summed E-state index contributed by atoms with van der Waals surface area (Å²) in [5.74, 6) is -1.16. The molecule has 0 amide bonds. The average Bonchev–Trinajstić information content (AvgIpc) is 2.84. The van der Waals surface area contributed by atoms with E-state index in [0.717, 1.165) is 19.5 Å². The number of rotatable bonds is 5. The first-order chi connectivity index (χ1) is 8.66. The van der Waals surface area contributed by atoms with E-state index < -0.39 is 11.4 Å². The number of carboxylic acids is 1. The van der Waals surface area contributed by atoms with Gasteiger partial charge in [0.25, 0.3) is 0 Å². The van der Waals surface area contributed by atoms with Crippen molar-refractivity contribution in [1.29, 1.82) is 0 Å². The summed E-state index contributed by atoms with van der Waals surface area (Å²) < 4.78 is 1.78. The molecule has 0 aliphatic carbocycles. The van der Waals surface area contributed by atoms with E-state index >= 15 is 0 Å². The minimum atomic E-state index is -1.16. The molecule has 18 heavy (non-hydrogen) atoms. The maximum Gasteiger partial charge on any atom is 0.341 e. The zero-order valence-corrected chi connectivity index (χ0v) is 10.3. The van der Waals surface area contributed by atoms with E-state index in [1.54, 1.807) is 10.8 Å². The Bertz CT molecular complexity index is 475. The first-order valence-electron chi connectivity index (χ1n) is 6.32. The fraction of sp³-hybridized carbons (Fsp3) is 0.538. The number of hydrogen-bond donors (Lipinski definition) is 1. The number of aromatic carboxylic acids is 1. The lowest BCUT2D eigenvalue weighted by molar-refractivity contribution is 0.0694. The van der Waals surface area contributed by atoms with Gasteiger partial charge >= 0.3 is 5.97 Å². The third-order valence-corrected chi connectivity index (χ3v) is 3.30. The van der Waals surface area contributed by atoms with E-state index in [0.29, 0.717) is 0 Å². The van der Waals surface area contributed by atoms with Gasteiger partial charge in [0.2, 0.25) is 0 Å². The maximum atomic E-state index is 11.3. The predicted octanol–water partition coefficient (Wildman–Crippen LogP) is 1.03. The molecule has 0 saturated carbocycles. The van der Waals surface area contributed by atoms with Gasteiger partial charge in [-0.15, -0.1) is 0 Å². The van der Waals surface area contributed by atoms with Crippen LogP contribution >= 0.6 is 0 Å². The summed E-state index contributed by atoms with van der Waals surface area (Å²) >= 11 is 0. The van der Waals surface area contributed by atoms with Crippen molar-refractivity contribution in [3.8, 4) is 0 Å². The number of carboxylic acid groups (broad SMARTS) is 1. The Balaban J connectivity index is 1.90. The van der Waals surface area contributed by atoms with E-state index in [-0.39, 0.29) is 5.56 Å². The van der Waals surface area contributed by atoms with Crippen molar-refractivity contribution in [2.24, 2.45) is 0 Å². The number of nitrogens with zero attached hydrogens (tertiary/aromatic N) is 2. The Morgan fingerprint density at radius 2 is 2.00 bits per heavy atom. The lowest BCUT2D eigenvalue weighted by Crippen LogP contribution is -2.22. The Morgan fingerprint density at radius 3 is 2.67 bits per heavy atom. The van der Waals surface area contributed by atoms with Gasteiger partial charge in [0, 0.05) is 25.0 Å². The molecular weight excluding hydrogens is 232 g/mol. The van der Waals surface area contributed by atoms with Gasteiger partial charge in [0.05, 0.1) is 0 Å². The van der Waals surface area contributed by atoms with Crippen LogP contribution in [0.15, 0.2) is 23.3 Å². The van der Waals surface area contributed by atoms with Crippen molar-refractivity contribution >= 4 is 5.97 Å². The molecule has 0 aromatic carbocycles. The standard InChI is InChI=1S/C13H18N2O3/c16-12-4-9-15(10-11(12)13(17)18)8-3-7-14-5-1-2-6-14/h4,9-10H,1-3,5-8H2,(H,17,18). The highest BCUT2D eigenvalue weighted by atomic mass is 16.4. The molecule has 0 radical (unpaired) electrons. The molecule has 1 fully saturated rings. The first kappa shape index (κ1) is 12.8. The summed E-state index contributed by atoms with van der Waals surface area (Å²) in [4.78, 5) is 24.5. The monoisotopic (exact) mass is 250 g/mol. The highest BCUT2D eigenvalue weighted by Gasteiger charge is 2.11. The second kappa shape index (κ2) is 5.82. The summed E-state index contributed by atoms with van der Waals surface area (Å²) in [6, 6.07) is 1.32. The van der Waals surface area contributed by atoms with Gasteiger partial charge in [0.15, 0.2) is 5.43 Å². The van der Waals surface area contributed by atoms with Crippen LogP contribution in [0, 0.1) is 0 Å². The van der Waals surface area contributed by atoms with Crippen molar-refractivity contribution in [2.75, 3.05) is 19.6 Å². The Kier molecular flexibility index (Phi) is 4.15. The normalized spacial score (nSPS) is 16.0. The zero-order chi connectivity index (χ0) is 13.0. The largest absolute Gasteiger partial charge is 0.477 e. The van der Waals surface area contributed by atoms with Crippen LogP contribution in [0.25, 0.3) is 0 Å². The maximum absolute atomic E-state index is 11.3. The number of likely N-dealkylation sites (tertiary alicyclic amines) is 1. The van der Waals surface area contributed by atoms with Gasteiger partial charge in [-0.05, 0) is 38.9 Å². The van der Waals surface area contributed by atoms with Crippen LogP contribution in [-0.2, 0) is 6.54 Å². The van der Waals surface area contributed by atoms with Crippen LogP contribution in [0.2, 0.25) is 0 Å². The topological polar surface area (TPSA) is 62.5 Å². The first-order valence-corrected chi connectivity index (χ1v) is 6.32. The third kappa shape index (κ3) is 3.20. The molecule has 0 atom stereocenters. The van der Waals surface area contributed by atoms with Gasteiger partial charge in [-0.25, -0.2) is 4.79 Å². The number of pyridine rings is 1. The van der Waals surface area contributed by atoms with E-state index in [4.69, 9.17) is 5.11 Å². The van der Waals surface area contributed by atoms with Crippen molar-refractivity contribution in [1.82, 2.24) is 9.47 Å².